The second-order valence-electron chi connectivity index (χ2n) is 12.3. The van der Waals surface area contributed by atoms with Gasteiger partial charge < -0.3 is 4.74 Å². The number of hydrogen-bond donors (Lipinski definition) is 0. The van der Waals surface area contributed by atoms with Gasteiger partial charge in [0.05, 0.1) is 0 Å². The molecule has 0 saturated heterocycles. The van der Waals surface area contributed by atoms with Crippen LogP contribution in [-0.4, -0.2) is 47.9 Å². The Hall–Kier alpha value is -3.94. The predicted octanol–water partition coefficient (Wildman–Crippen LogP) is 12.4. The molecule has 0 fully saturated rings. The van der Waals surface area contributed by atoms with Gasteiger partial charge in [0.15, 0.2) is 0 Å². The Morgan fingerprint density at radius 1 is 0.415 bits per heavy atom. The summed E-state index contributed by atoms with van der Waals surface area (Å²) in [6, 6.07) is 1.43. The number of halogens is 20. The van der Waals surface area contributed by atoms with Gasteiger partial charge in [-0.1, -0.05) is 36.4 Å². The van der Waals surface area contributed by atoms with Crippen LogP contribution in [0.4, 0.5) is 87.8 Å². The van der Waals surface area contributed by atoms with Crippen LogP contribution in [0.1, 0.15) is 44.5 Å². The Morgan fingerprint density at radius 3 is 1.11 bits per heavy atom. The van der Waals surface area contributed by atoms with Crippen LogP contribution in [0.25, 0.3) is 0 Å². The van der Waals surface area contributed by atoms with Gasteiger partial charge in [-0.25, -0.2) is 0 Å². The van der Waals surface area contributed by atoms with Gasteiger partial charge in [0.1, 0.15) is 16.9 Å². The molecule has 0 amide bonds. The minimum absolute atomic E-state index is 0.0725. The van der Waals surface area contributed by atoms with E-state index in [1.165, 1.54) is 27.7 Å². The van der Waals surface area contributed by atoms with E-state index in [2.05, 4.69) is 0 Å². The lowest BCUT2D eigenvalue weighted by molar-refractivity contribution is -0.441. The van der Waals surface area contributed by atoms with Crippen molar-refractivity contribution >= 4 is 0 Å². The molecule has 0 aliphatic carbocycles. The molecule has 0 spiro atoms. The van der Waals surface area contributed by atoms with Gasteiger partial charge in [-0.05, 0) is 67.6 Å². The molecule has 4 rings (SSSR count). The molecule has 3 aromatic carbocycles. The molecule has 1 nitrogen and oxygen atoms in total. The van der Waals surface area contributed by atoms with Crippen molar-refractivity contribution in [2.45, 2.75) is 86.9 Å². The Bertz CT molecular complexity index is 1840. The molecular formula is C32H20F20O. The van der Waals surface area contributed by atoms with Crippen molar-refractivity contribution in [2.75, 3.05) is 0 Å². The number of alkyl halides is 20. The number of ether oxygens (including phenoxy) is 1. The van der Waals surface area contributed by atoms with E-state index in [4.69, 9.17) is 4.74 Å². The van der Waals surface area contributed by atoms with Gasteiger partial charge in [-0.3, -0.25) is 0 Å². The molecule has 0 atom stereocenters. The molecule has 0 aromatic heterocycles. The number of aryl methyl sites for hydroxylation is 4. The first-order valence-electron chi connectivity index (χ1n) is 14.3. The average Bonchev–Trinajstić information content (AvgIpc) is 3.00. The van der Waals surface area contributed by atoms with Crippen LogP contribution in [0.3, 0.4) is 0 Å². The highest BCUT2D eigenvalue weighted by Gasteiger charge is 2.91. The van der Waals surface area contributed by atoms with Gasteiger partial charge in [-0.15, -0.1) is 0 Å². The minimum Gasteiger partial charge on any atom is -0.457 e. The summed E-state index contributed by atoms with van der Waals surface area (Å²) in [7, 11) is 0. The van der Waals surface area contributed by atoms with Crippen molar-refractivity contribution < 1.29 is 92.5 Å². The first kappa shape index (κ1) is 41.8. The van der Waals surface area contributed by atoms with Crippen molar-refractivity contribution in [2.24, 2.45) is 0 Å². The molecule has 0 unspecified atom stereocenters. The Balaban J connectivity index is 2.10. The molecule has 1 aliphatic rings. The second kappa shape index (κ2) is 11.8. The average molecular weight is 800 g/mol. The standard InChI is InChI=1S/C32H20F20O/c1-13-9-19-21(11-15(13)3)53-22-12-16(4)14(2)10-20(22)23(19,25(35,36)29(43,44)31(47,48)49)17-5-7-18(8-6-17)24(33,34)26(37,38)27(39,40)28(41,42)30(45,46)32(50,51)52/h5-12H,1-4H3. The van der Waals surface area contributed by atoms with E-state index in [-0.39, 0.29) is 34.4 Å². The molecule has 3 aromatic rings. The van der Waals surface area contributed by atoms with Gasteiger partial charge >= 0.3 is 53.8 Å². The van der Waals surface area contributed by atoms with E-state index in [0.717, 1.165) is 12.1 Å². The van der Waals surface area contributed by atoms with Crippen molar-refractivity contribution in [1.82, 2.24) is 0 Å². The number of fused-ring (bicyclic) bond motifs is 2. The van der Waals surface area contributed by atoms with Crippen molar-refractivity contribution in [3.8, 4) is 11.5 Å². The Labute approximate surface area is 284 Å². The van der Waals surface area contributed by atoms with Crippen LogP contribution in [0, 0.1) is 27.7 Å². The summed E-state index contributed by atoms with van der Waals surface area (Å²) in [6.07, 6.45) is -14.8. The van der Waals surface area contributed by atoms with Gasteiger partial charge in [0.25, 0.3) is 0 Å². The van der Waals surface area contributed by atoms with Crippen LogP contribution >= 0.6 is 0 Å². The highest BCUT2D eigenvalue weighted by Crippen LogP contribution is 2.66. The second-order valence-corrected chi connectivity index (χ2v) is 12.3. The van der Waals surface area contributed by atoms with E-state index in [9.17, 15) is 61.5 Å². The summed E-state index contributed by atoms with van der Waals surface area (Å²) in [5, 5.41) is 0. The van der Waals surface area contributed by atoms with E-state index < -0.39 is 105 Å². The van der Waals surface area contributed by atoms with E-state index >= 15 is 26.3 Å². The number of benzene rings is 3. The Kier molecular flexibility index (Phi) is 9.29. The number of rotatable bonds is 8. The zero-order valence-corrected chi connectivity index (χ0v) is 26.6. The first-order chi connectivity index (χ1) is 23.5. The van der Waals surface area contributed by atoms with Crippen molar-refractivity contribution in [3.63, 3.8) is 0 Å². The molecular weight excluding hydrogens is 780 g/mol. The predicted molar refractivity (Wildman–Crippen MR) is 144 cm³/mol. The van der Waals surface area contributed by atoms with Crippen LogP contribution in [-0.2, 0) is 11.3 Å². The quantitative estimate of drug-likeness (QED) is 0.206. The largest absolute Gasteiger partial charge is 0.460 e. The zero-order valence-electron chi connectivity index (χ0n) is 26.6. The van der Waals surface area contributed by atoms with Crippen molar-refractivity contribution in [3.05, 3.63) is 93.0 Å². The third kappa shape index (κ3) is 5.35. The summed E-state index contributed by atoms with van der Waals surface area (Å²) < 4.78 is 290. The third-order valence-corrected chi connectivity index (χ3v) is 9.05. The molecule has 21 heteroatoms. The van der Waals surface area contributed by atoms with E-state index in [1.54, 1.807) is 0 Å². The van der Waals surface area contributed by atoms with E-state index in [1.807, 2.05) is 0 Å². The monoisotopic (exact) mass is 800 g/mol. The molecule has 1 aliphatic heterocycles. The van der Waals surface area contributed by atoms with Gasteiger partial charge in [0, 0.05) is 16.7 Å². The maximum Gasteiger partial charge on any atom is 0.460 e. The lowest BCUT2D eigenvalue weighted by Gasteiger charge is -2.48. The highest BCUT2D eigenvalue weighted by molar-refractivity contribution is 5.68. The summed E-state index contributed by atoms with van der Waals surface area (Å²) in [5.41, 5.74) is -10.7. The zero-order chi connectivity index (χ0) is 41.1. The Morgan fingerprint density at radius 2 is 0.755 bits per heavy atom. The smallest absolute Gasteiger partial charge is 0.457 e. The van der Waals surface area contributed by atoms with Gasteiger partial charge in [-0.2, -0.15) is 87.8 Å². The molecule has 53 heavy (non-hydrogen) atoms. The molecule has 294 valence electrons. The third-order valence-electron chi connectivity index (χ3n) is 9.05. The number of hydrogen-bond acceptors (Lipinski definition) is 1. The lowest BCUT2D eigenvalue weighted by Crippen LogP contribution is -2.69. The molecule has 0 radical (unpaired) electrons. The van der Waals surface area contributed by atoms with E-state index in [0.29, 0.717) is 12.1 Å². The fourth-order valence-electron chi connectivity index (χ4n) is 5.72. The molecule has 0 saturated carbocycles. The molecule has 1 heterocycles. The van der Waals surface area contributed by atoms with Crippen LogP contribution < -0.4 is 4.74 Å². The van der Waals surface area contributed by atoms with Gasteiger partial charge in [0.2, 0.25) is 0 Å². The van der Waals surface area contributed by atoms with Crippen molar-refractivity contribution in [1.29, 1.82) is 0 Å². The fraction of sp³-hybridized carbons (Fsp3) is 0.438. The van der Waals surface area contributed by atoms with Crippen LogP contribution in [0.15, 0.2) is 48.5 Å². The topological polar surface area (TPSA) is 9.23 Å². The minimum atomic E-state index is -8.28. The molecule has 0 bridgehead atoms. The normalized spacial score (nSPS) is 16.2. The summed E-state index contributed by atoms with van der Waals surface area (Å²) in [4.78, 5) is 0. The summed E-state index contributed by atoms with van der Waals surface area (Å²) in [6.45, 7) is 4.97. The maximum atomic E-state index is 16.6. The maximum absolute atomic E-state index is 16.6. The molecule has 0 N–H and O–H groups in total. The van der Waals surface area contributed by atoms with Crippen LogP contribution in [0.2, 0.25) is 0 Å². The SMILES string of the molecule is Cc1cc2c(cc1C)C(c1ccc(C(F)(F)C(F)(F)C(F)(F)C(F)(F)C(F)(F)C(F)(F)F)cc1)(C(F)(F)C(F)(F)C(F)(F)F)c1cc(C)c(C)cc1O2. The first-order valence-corrected chi connectivity index (χ1v) is 14.3. The highest BCUT2D eigenvalue weighted by atomic mass is 19.4. The summed E-state index contributed by atoms with van der Waals surface area (Å²) in [5.74, 6) is -54.5. The van der Waals surface area contributed by atoms with Crippen LogP contribution in [0.5, 0.6) is 11.5 Å². The lowest BCUT2D eigenvalue weighted by atomic mass is 9.61. The fourth-order valence-corrected chi connectivity index (χ4v) is 5.72. The summed E-state index contributed by atoms with van der Waals surface area (Å²) >= 11 is 0.